The topological polar surface area (TPSA) is 67.0 Å². The first-order chi connectivity index (χ1) is 8.25. The minimum atomic E-state index is -0.563. The number of aromatic nitrogens is 2. The molecule has 0 bridgehead atoms. The zero-order valence-corrected chi connectivity index (χ0v) is 9.38. The highest BCUT2D eigenvalue weighted by Gasteiger charge is 2.14. The Kier molecular flexibility index (Phi) is 3.40. The largest absolute Gasteiger partial charge is 0.481 e. The third-order valence-electron chi connectivity index (χ3n) is 2.19. The van der Waals surface area contributed by atoms with Crippen molar-refractivity contribution in [2.24, 2.45) is 0 Å². The van der Waals surface area contributed by atoms with Gasteiger partial charge in [-0.15, -0.1) is 0 Å². The SMILES string of the molecule is C[C@H](Oc1ccccc1)C(=O)Nc1cn[nH]c1. The van der Waals surface area contributed by atoms with Crippen LogP contribution >= 0.6 is 0 Å². The van der Waals surface area contributed by atoms with Gasteiger partial charge >= 0.3 is 0 Å². The number of para-hydroxylation sites is 1. The van der Waals surface area contributed by atoms with Gasteiger partial charge in [0.25, 0.3) is 5.91 Å². The normalized spacial score (nSPS) is 11.8. The number of anilines is 1. The van der Waals surface area contributed by atoms with Gasteiger partial charge in [0.15, 0.2) is 6.10 Å². The zero-order valence-electron chi connectivity index (χ0n) is 9.38. The molecule has 1 atom stereocenters. The molecule has 5 nitrogen and oxygen atoms in total. The third kappa shape index (κ3) is 3.07. The smallest absolute Gasteiger partial charge is 0.265 e. The van der Waals surface area contributed by atoms with E-state index in [1.54, 1.807) is 13.1 Å². The molecule has 2 N–H and O–H groups in total. The van der Waals surface area contributed by atoms with Crippen molar-refractivity contribution in [3.8, 4) is 5.75 Å². The van der Waals surface area contributed by atoms with Gasteiger partial charge in [-0.2, -0.15) is 5.10 Å². The van der Waals surface area contributed by atoms with Crippen LogP contribution in [0.15, 0.2) is 42.7 Å². The second-order valence-electron chi connectivity index (χ2n) is 3.55. The van der Waals surface area contributed by atoms with E-state index < -0.39 is 6.10 Å². The number of rotatable bonds is 4. The van der Waals surface area contributed by atoms with E-state index >= 15 is 0 Å². The lowest BCUT2D eigenvalue weighted by atomic mass is 10.3. The van der Waals surface area contributed by atoms with Crippen molar-refractivity contribution in [3.63, 3.8) is 0 Å². The number of H-pyrrole nitrogens is 1. The van der Waals surface area contributed by atoms with Crippen LogP contribution in [0.4, 0.5) is 5.69 Å². The average molecular weight is 231 g/mol. The predicted molar refractivity (Wildman–Crippen MR) is 63.7 cm³/mol. The van der Waals surface area contributed by atoms with Crippen LogP contribution in [0.1, 0.15) is 6.92 Å². The molecule has 0 aliphatic rings. The summed E-state index contributed by atoms with van der Waals surface area (Å²) in [5, 5.41) is 9.04. The molecule has 0 aliphatic carbocycles. The summed E-state index contributed by atoms with van der Waals surface area (Å²) in [6, 6.07) is 9.22. The first kappa shape index (κ1) is 11.2. The quantitative estimate of drug-likeness (QED) is 0.843. The number of hydrogen-bond donors (Lipinski definition) is 2. The van der Waals surface area contributed by atoms with E-state index in [-0.39, 0.29) is 5.91 Å². The summed E-state index contributed by atoms with van der Waals surface area (Å²) in [5.41, 5.74) is 0.624. The molecule has 0 saturated heterocycles. The number of ether oxygens (including phenoxy) is 1. The lowest BCUT2D eigenvalue weighted by Crippen LogP contribution is -2.29. The molecule has 1 amide bonds. The highest BCUT2D eigenvalue weighted by Crippen LogP contribution is 2.11. The molecule has 1 heterocycles. The standard InChI is InChI=1S/C12H13N3O2/c1-9(17-11-5-3-2-4-6-11)12(16)15-10-7-13-14-8-10/h2-9H,1H3,(H,13,14)(H,15,16)/t9-/m0/s1. The van der Waals surface area contributed by atoms with Gasteiger partial charge in [-0.1, -0.05) is 18.2 Å². The molecule has 0 aliphatic heterocycles. The second-order valence-corrected chi connectivity index (χ2v) is 3.55. The summed E-state index contributed by atoms with van der Waals surface area (Å²) < 4.78 is 5.48. The molecule has 2 rings (SSSR count). The maximum Gasteiger partial charge on any atom is 0.265 e. The molecule has 0 unspecified atom stereocenters. The van der Waals surface area contributed by atoms with Crippen LogP contribution in [0.2, 0.25) is 0 Å². The maximum absolute atomic E-state index is 11.7. The van der Waals surface area contributed by atoms with Gasteiger partial charge in [0.05, 0.1) is 11.9 Å². The molecule has 1 aromatic carbocycles. The van der Waals surface area contributed by atoms with Crippen molar-refractivity contribution in [1.82, 2.24) is 10.2 Å². The van der Waals surface area contributed by atoms with E-state index in [9.17, 15) is 4.79 Å². The van der Waals surface area contributed by atoms with Crippen molar-refractivity contribution in [2.75, 3.05) is 5.32 Å². The Morgan fingerprint density at radius 3 is 2.82 bits per heavy atom. The van der Waals surface area contributed by atoms with Crippen LogP contribution in [0.5, 0.6) is 5.75 Å². The number of carbonyl (C=O) groups is 1. The molecular formula is C12H13N3O2. The van der Waals surface area contributed by atoms with Gasteiger partial charge in [0.1, 0.15) is 5.75 Å². The van der Waals surface area contributed by atoms with Crippen molar-refractivity contribution in [3.05, 3.63) is 42.7 Å². The van der Waals surface area contributed by atoms with Crippen molar-refractivity contribution < 1.29 is 9.53 Å². The summed E-state index contributed by atoms with van der Waals surface area (Å²) in [5.74, 6) is 0.456. The molecule has 0 spiro atoms. The predicted octanol–water partition coefficient (Wildman–Crippen LogP) is 1.82. The Hall–Kier alpha value is -2.30. The Morgan fingerprint density at radius 2 is 2.18 bits per heavy atom. The minimum Gasteiger partial charge on any atom is -0.481 e. The number of nitrogens with zero attached hydrogens (tertiary/aromatic N) is 1. The molecule has 2 aromatic rings. The van der Waals surface area contributed by atoms with Crippen LogP contribution in [-0.2, 0) is 4.79 Å². The summed E-state index contributed by atoms with van der Waals surface area (Å²) in [4.78, 5) is 11.7. The fourth-order valence-corrected chi connectivity index (χ4v) is 1.32. The van der Waals surface area contributed by atoms with Crippen molar-refractivity contribution in [2.45, 2.75) is 13.0 Å². The summed E-state index contributed by atoms with van der Waals surface area (Å²) in [6.07, 6.45) is 2.58. The Labute approximate surface area is 98.8 Å². The number of carbonyl (C=O) groups excluding carboxylic acids is 1. The zero-order chi connectivity index (χ0) is 12.1. The highest BCUT2D eigenvalue weighted by atomic mass is 16.5. The molecule has 0 radical (unpaired) electrons. The summed E-state index contributed by atoms with van der Waals surface area (Å²) >= 11 is 0. The number of benzene rings is 1. The number of nitrogens with one attached hydrogen (secondary N) is 2. The molecule has 0 saturated carbocycles. The second kappa shape index (κ2) is 5.16. The van der Waals surface area contributed by atoms with Crippen LogP contribution in [0.25, 0.3) is 0 Å². The molecular weight excluding hydrogens is 218 g/mol. The number of hydrogen-bond acceptors (Lipinski definition) is 3. The van der Waals surface area contributed by atoms with E-state index in [2.05, 4.69) is 15.5 Å². The molecule has 0 fully saturated rings. The van der Waals surface area contributed by atoms with Gasteiger partial charge < -0.3 is 10.1 Å². The fourth-order valence-electron chi connectivity index (χ4n) is 1.32. The van der Waals surface area contributed by atoms with E-state index in [0.29, 0.717) is 11.4 Å². The van der Waals surface area contributed by atoms with Crippen LogP contribution in [-0.4, -0.2) is 22.2 Å². The monoisotopic (exact) mass is 231 g/mol. The number of amides is 1. The third-order valence-corrected chi connectivity index (χ3v) is 2.19. The van der Waals surface area contributed by atoms with E-state index in [1.807, 2.05) is 30.3 Å². The molecule has 88 valence electrons. The first-order valence-corrected chi connectivity index (χ1v) is 5.27. The lowest BCUT2D eigenvalue weighted by molar-refractivity contribution is -0.122. The first-order valence-electron chi connectivity index (χ1n) is 5.27. The van der Waals surface area contributed by atoms with E-state index in [1.165, 1.54) is 6.20 Å². The summed E-state index contributed by atoms with van der Waals surface area (Å²) in [7, 11) is 0. The van der Waals surface area contributed by atoms with Crippen LogP contribution in [0.3, 0.4) is 0 Å². The van der Waals surface area contributed by atoms with Crippen LogP contribution < -0.4 is 10.1 Å². The molecule has 1 aromatic heterocycles. The van der Waals surface area contributed by atoms with Gasteiger partial charge in [0, 0.05) is 6.20 Å². The molecule has 17 heavy (non-hydrogen) atoms. The lowest BCUT2D eigenvalue weighted by Gasteiger charge is -2.13. The van der Waals surface area contributed by atoms with Gasteiger partial charge in [0.2, 0.25) is 0 Å². The Bertz CT molecular complexity index is 468. The minimum absolute atomic E-state index is 0.213. The van der Waals surface area contributed by atoms with Crippen LogP contribution in [0, 0.1) is 0 Å². The number of aromatic amines is 1. The fraction of sp³-hybridized carbons (Fsp3) is 0.167. The Morgan fingerprint density at radius 1 is 1.41 bits per heavy atom. The average Bonchev–Trinajstić information content (AvgIpc) is 2.83. The van der Waals surface area contributed by atoms with Crippen molar-refractivity contribution in [1.29, 1.82) is 0 Å². The molecule has 5 heteroatoms. The highest BCUT2D eigenvalue weighted by molar-refractivity contribution is 5.93. The maximum atomic E-state index is 11.7. The van der Waals surface area contributed by atoms with E-state index in [0.717, 1.165) is 0 Å². The van der Waals surface area contributed by atoms with Gasteiger partial charge in [-0.25, -0.2) is 0 Å². The van der Waals surface area contributed by atoms with Gasteiger partial charge in [-0.05, 0) is 19.1 Å². The van der Waals surface area contributed by atoms with Crippen molar-refractivity contribution >= 4 is 11.6 Å². The Balaban J connectivity index is 1.92. The van der Waals surface area contributed by atoms with E-state index in [4.69, 9.17) is 4.74 Å². The van der Waals surface area contributed by atoms with Gasteiger partial charge in [-0.3, -0.25) is 9.89 Å². The summed E-state index contributed by atoms with van der Waals surface area (Å²) in [6.45, 7) is 1.70.